The number of hydrazone groups is 2. The van der Waals surface area contributed by atoms with Gasteiger partial charge in [0, 0.05) is 44.0 Å². The number of rotatable bonds is 13. The van der Waals surface area contributed by atoms with Crippen LogP contribution in [0.4, 0.5) is 22.7 Å². The summed E-state index contributed by atoms with van der Waals surface area (Å²) in [6.07, 6.45) is 5.41. The Morgan fingerprint density at radius 3 is 1.40 bits per heavy atom. The molecule has 16 heteroatoms. The average molecular weight is 829 g/mol. The van der Waals surface area contributed by atoms with Crippen molar-refractivity contribution in [3.8, 4) is 0 Å². The number of benzene rings is 4. The molecule has 0 fully saturated rings. The molecule has 2 amide bonds. The fourth-order valence-electron chi connectivity index (χ4n) is 5.87. The standard InChI is InChI=1S/2C17H14N4O3.C8H19N.Cr/c2*1-11-15(16(22)20-21(11)12-7-3-2-4-8-12)19-18-14-10-6-5-9-13(14)17(23)24;1-3-5-6-8(4-2)7-9;/h2*2-10,15H,1H3,(H-,20,22,23,24);8H,3-7,9H2,1-2H3;/q;;;+3/p+3. The Kier molecular flexibility index (Phi) is 18.4. The van der Waals surface area contributed by atoms with Crippen LogP contribution in [0.15, 0.2) is 130 Å². The molecule has 0 spiro atoms. The molecule has 0 saturated heterocycles. The molecule has 2 heterocycles. The van der Waals surface area contributed by atoms with Crippen molar-refractivity contribution in [2.75, 3.05) is 6.54 Å². The molecule has 6 rings (SSSR count). The Morgan fingerprint density at radius 1 is 0.672 bits per heavy atom. The fraction of sp³-hybridized carbons (Fsp3) is 0.286. The second kappa shape index (κ2) is 23.1. The van der Waals surface area contributed by atoms with Crippen LogP contribution >= 0.6 is 0 Å². The van der Waals surface area contributed by atoms with E-state index in [0.29, 0.717) is 11.4 Å². The number of carboxylic acid groups (broad SMARTS) is 2. The van der Waals surface area contributed by atoms with Crippen molar-refractivity contribution in [2.45, 2.75) is 65.5 Å². The van der Waals surface area contributed by atoms with Crippen LogP contribution in [0, 0.1) is 5.92 Å². The summed E-state index contributed by atoms with van der Waals surface area (Å²) in [6.45, 7) is 9.17. The van der Waals surface area contributed by atoms with Crippen LogP contribution in [0.5, 0.6) is 0 Å². The normalized spacial score (nSPS) is 16.5. The maximum Gasteiger partial charge on any atom is 3.00 e. The average Bonchev–Trinajstić information content (AvgIpc) is 3.69. The van der Waals surface area contributed by atoms with Gasteiger partial charge in [0.15, 0.2) is 0 Å². The van der Waals surface area contributed by atoms with E-state index in [4.69, 9.17) is 10.2 Å². The van der Waals surface area contributed by atoms with Gasteiger partial charge in [0.05, 0.1) is 29.0 Å². The molecule has 4 aromatic carbocycles. The second-order valence-electron chi connectivity index (χ2n) is 13.2. The van der Waals surface area contributed by atoms with Crippen molar-refractivity contribution in [1.82, 2.24) is 10.9 Å². The van der Waals surface area contributed by atoms with E-state index in [-0.39, 0.29) is 51.7 Å². The minimum absolute atomic E-state index is 0. The number of nitrogens with zero attached hydrogens (tertiary/aromatic N) is 6. The third-order valence-electron chi connectivity index (χ3n) is 9.25. The molecule has 3 unspecified atom stereocenters. The Hall–Kier alpha value is -6.21. The molecule has 7 N–H and O–H groups in total. The molecule has 3 atom stereocenters. The van der Waals surface area contributed by atoms with Gasteiger partial charge in [-0.25, -0.2) is 9.59 Å². The number of hydrogen-bond donors (Lipinski definition) is 5. The number of amides is 2. The summed E-state index contributed by atoms with van der Waals surface area (Å²) in [6, 6.07) is 29.6. The van der Waals surface area contributed by atoms with Crippen LogP contribution in [0.25, 0.3) is 0 Å². The summed E-state index contributed by atoms with van der Waals surface area (Å²) in [5, 5.41) is 34.4. The van der Waals surface area contributed by atoms with Gasteiger partial charge in [-0.15, -0.1) is 10.9 Å². The van der Waals surface area contributed by atoms with Crippen LogP contribution in [0.1, 0.15) is 74.1 Å². The van der Waals surface area contributed by atoms with Gasteiger partial charge >= 0.3 is 41.1 Å². The van der Waals surface area contributed by atoms with E-state index in [1.165, 1.54) is 37.8 Å². The zero-order chi connectivity index (χ0) is 41.3. The summed E-state index contributed by atoms with van der Waals surface area (Å²) in [7, 11) is 0. The molecular weight excluding hydrogens is 779 g/mol. The van der Waals surface area contributed by atoms with E-state index >= 15 is 0 Å². The van der Waals surface area contributed by atoms with Crippen molar-refractivity contribution >= 4 is 57.9 Å². The SMILES string of the molecule is CC1=[N+](c2ccccc2)NC(=O)C1N=Nc1ccccc1C(=O)O.CC1=[N+](c2ccccc2)NC(=O)C1N=Nc1ccccc1C(=O)O.CCCCC(CC)C[NH3+].[Cr+3]. The molecule has 2 aliphatic heterocycles. The first-order valence-electron chi connectivity index (χ1n) is 18.7. The minimum Gasteiger partial charge on any atom is -0.478 e. The number of hydrogen-bond acceptors (Lipinski definition) is 8. The van der Waals surface area contributed by atoms with Gasteiger partial charge in [-0.1, -0.05) is 96.7 Å². The number of nitrogens with one attached hydrogen (secondary N) is 2. The summed E-state index contributed by atoms with van der Waals surface area (Å²) < 4.78 is 3.30. The topological polar surface area (TPSA) is 216 Å². The smallest absolute Gasteiger partial charge is 0.478 e. The number of azo groups is 2. The molecule has 58 heavy (non-hydrogen) atoms. The molecular formula is C42H50CrN9O6+6. The molecule has 0 aromatic heterocycles. The summed E-state index contributed by atoms with van der Waals surface area (Å²) in [4.78, 5) is 46.7. The zero-order valence-electron chi connectivity index (χ0n) is 33.0. The molecule has 2 aliphatic rings. The zero-order valence-corrected chi connectivity index (χ0v) is 34.3. The van der Waals surface area contributed by atoms with Gasteiger partial charge in [-0.3, -0.25) is 9.59 Å². The van der Waals surface area contributed by atoms with E-state index in [0.717, 1.165) is 23.8 Å². The Balaban J connectivity index is 0.000000254. The van der Waals surface area contributed by atoms with Crippen LogP contribution in [0.2, 0.25) is 0 Å². The minimum atomic E-state index is -1.09. The molecule has 4 aromatic rings. The van der Waals surface area contributed by atoms with E-state index < -0.39 is 24.0 Å². The molecule has 15 nitrogen and oxygen atoms in total. The van der Waals surface area contributed by atoms with Crippen LogP contribution < -0.4 is 16.6 Å². The second-order valence-corrected chi connectivity index (χ2v) is 13.2. The number of para-hydroxylation sites is 2. The number of quaternary nitrogens is 1. The summed E-state index contributed by atoms with van der Waals surface area (Å²) in [5.74, 6) is -1.91. The Morgan fingerprint density at radius 2 is 1.05 bits per heavy atom. The van der Waals surface area contributed by atoms with Gasteiger partial charge in [0.25, 0.3) is 0 Å². The third kappa shape index (κ3) is 12.4. The van der Waals surface area contributed by atoms with Crippen LogP contribution in [-0.4, -0.2) is 73.4 Å². The molecule has 0 bridgehead atoms. The first-order valence-corrected chi connectivity index (χ1v) is 18.7. The van der Waals surface area contributed by atoms with E-state index in [1.807, 2.05) is 60.7 Å². The maximum absolute atomic E-state index is 12.2. The van der Waals surface area contributed by atoms with E-state index in [1.54, 1.807) is 59.6 Å². The third-order valence-corrected chi connectivity index (χ3v) is 9.25. The number of carbonyl (C=O) groups is 4. The van der Waals surface area contributed by atoms with E-state index in [9.17, 15) is 19.2 Å². The molecule has 0 aliphatic carbocycles. The van der Waals surface area contributed by atoms with Crippen molar-refractivity contribution in [3.63, 3.8) is 0 Å². The monoisotopic (exact) mass is 828 g/mol. The van der Waals surface area contributed by atoms with Gasteiger partial charge in [0.2, 0.25) is 34.9 Å². The first kappa shape index (κ1) is 46.2. The number of aromatic carboxylic acids is 2. The largest absolute Gasteiger partial charge is 3.00 e. The van der Waals surface area contributed by atoms with Gasteiger partial charge in [-0.2, -0.15) is 20.5 Å². The van der Waals surface area contributed by atoms with Gasteiger partial charge in [0.1, 0.15) is 0 Å². The Bertz CT molecular complexity index is 2010. The predicted molar refractivity (Wildman–Crippen MR) is 215 cm³/mol. The predicted octanol–water partition coefficient (Wildman–Crippen LogP) is 6.82. The molecule has 299 valence electrons. The van der Waals surface area contributed by atoms with Gasteiger partial charge in [-0.05, 0) is 37.1 Å². The fourth-order valence-corrected chi connectivity index (χ4v) is 5.87. The number of hydrazine groups is 2. The van der Waals surface area contributed by atoms with Crippen LogP contribution in [-0.2, 0) is 27.0 Å². The molecule has 0 saturated carbocycles. The Labute approximate surface area is 348 Å². The summed E-state index contributed by atoms with van der Waals surface area (Å²) in [5.41, 5.74) is 12.8. The number of carboxylic acids is 2. The van der Waals surface area contributed by atoms with Crippen molar-refractivity contribution in [1.29, 1.82) is 0 Å². The van der Waals surface area contributed by atoms with Gasteiger partial charge < -0.3 is 15.9 Å². The summed E-state index contributed by atoms with van der Waals surface area (Å²) >= 11 is 0. The van der Waals surface area contributed by atoms with Crippen molar-refractivity contribution in [2.24, 2.45) is 26.4 Å². The quantitative estimate of drug-likeness (QED) is 0.0720. The number of unbranched alkanes of at least 4 members (excludes halogenated alkanes) is 1. The van der Waals surface area contributed by atoms with Crippen LogP contribution in [0.3, 0.4) is 0 Å². The maximum atomic E-state index is 12.2. The van der Waals surface area contributed by atoms with E-state index in [2.05, 4.69) is 50.9 Å². The van der Waals surface area contributed by atoms with Crippen molar-refractivity contribution in [3.05, 3.63) is 120 Å². The van der Waals surface area contributed by atoms with Crippen molar-refractivity contribution < 1.29 is 61.9 Å². The first-order chi connectivity index (χ1) is 27.5. The molecule has 1 radical (unpaired) electrons. The number of carbonyl (C=O) groups excluding carboxylic acids is 2.